The van der Waals surface area contributed by atoms with Crippen LogP contribution in [0.2, 0.25) is 0 Å². The number of methoxy groups -OCH3 is 1. The Morgan fingerprint density at radius 2 is 2.39 bits per heavy atom. The van der Waals surface area contributed by atoms with Crippen molar-refractivity contribution in [1.29, 1.82) is 0 Å². The van der Waals surface area contributed by atoms with E-state index >= 15 is 0 Å². The molecule has 0 radical (unpaired) electrons. The van der Waals surface area contributed by atoms with Gasteiger partial charge in [-0.2, -0.15) is 14.3 Å². The fourth-order valence-electron chi connectivity index (χ4n) is 2.06. The molecule has 7 heteroatoms. The number of H-pyrrole nitrogens is 1. The van der Waals surface area contributed by atoms with Gasteiger partial charge in [0.2, 0.25) is 6.23 Å². The smallest absolute Gasteiger partial charge is 0.465 e. The van der Waals surface area contributed by atoms with E-state index in [0.717, 1.165) is 5.56 Å². The maximum atomic E-state index is 11.8. The van der Waals surface area contributed by atoms with Gasteiger partial charge in [-0.3, -0.25) is 0 Å². The van der Waals surface area contributed by atoms with E-state index in [-0.39, 0.29) is 18.7 Å². The molecule has 0 aliphatic carbocycles. The first-order valence-corrected chi connectivity index (χ1v) is 5.70. The summed E-state index contributed by atoms with van der Waals surface area (Å²) in [6, 6.07) is 0. The van der Waals surface area contributed by atoms with Crippen molar-refractivity contribution in [2.45, 2.75) is 31.8 Å². The number of aliphatic hydroxyl groups is 2. The minimum Gasteiger partial charge on any atom is -0.465 e. The van der Waals surface area contributed by atoms with Crippen LogP contribution in [0.15, 0.2) is 11.0 Å². The number of aliphatic hydroxyl groups excluding tert-OH is 2. The molecule has 100 valence electrons. The third kappa shape index (κ3) is 2.24. The van der Waals surface area contributed by atoms with Crippen molar-refractivity contribution < 1.29 is 24.3 Å². The van der Waals surface area contributed by atoms with Crippen LogP contribution in [0.3, 0.4) is 0 Å². The molecule has 3 atom stereocenters. The maximum absolute atomic E-state index is 11.8. The van der Waals surface area contributed by atoms with E-state index < -0.39 is 18.4 Å². The van der Waals surface area contributed by atoms with Crippen LogP contribution in [-0.2, 0) is 4.74 Å². The summed E-state index contributed by atoms with van der Waals surface area (Å²) in [4.78, 5) is 14.4. The first-order chi connectivity index (χ1) is 8.56. The number of aromatic amines is 1. The van der Waals surface area contributed by atoms with Crippen molar-refractivity contribution >= 4 is 0 Å². The summed E-state index contributed by atoms with van der Waals surface area (Å²) in [7, 11) is 1.47. The fraction of sp³-hybridized carbons (Fsp3) is 0.636. The van der Waals surface area contributed by atoms with Crippen LogP contribution in [0, 0.1) is 6.92 Å². The SMILES string of the molecule is COc1[nH]c(=O)[n+]([C@H]2C[C@H](O)[C@@H](CO)O2)cc1C. The quantitative estimate of drug-likeness (QED) is 0.580. The topological polar surface area (TPSA) is 95.7 Å². The zero-order valence-corrected chi connectivity index (χ0v) is 10.3. The second-order valence-electron chi connectivity index (χ2n) is 4.30. The fourth-order valence-corrected chi connectivity index (χ4v) is 2.06. The molecule has 0 amide bonds. The molecule has 7 nitrogen and oxygen atoms in total. The Hall–Kier alpha value is -1.44. The normalized spacial score (nSPS) is 27.4. The first kappa shape index (κ1) is 13.0. The summed E-state index contributed by atoms with van der Waals surface area (Å²) < 4.78 is 11.8. The van der Waals surface area contributed by atoms with Gasteiger partial charge < -0.3 is 19.7 Å². The molecule has 3 N–H and O–H groups in total. The monoisotopic (exact) mass is 257 g/mol. The Balaban J connectivity index is 2.30. The molecular formula is C11H17N2O5+. The highest BCUT2D eigenvalue weighted by molar-refractivity contribution is 5.17. The lowest BCUT2D eigenvalue weighted by Crippen LogP contribution is -2.54. The predicted molar refractivity (Wildman–Crippen MR) is 60.2 cm³/mol. The summed E-state index contributed by atoms with van der Waals surface area (Å²) in [6.07, 6.45) is -0.122. The molecule has 0 aromatic carbocycles. The van der Waals surface area contributed by atoms with Crippen molar-refractivity contribution in [3.8, 4) is 5.88 Å². The average molecular weight is 257 g/mol. The van der Waals surface area contributed by atoms with Crippen LogP contribution >= 0.6 is 0 Å². The van der Waals surface area contributed by atoms with E-state index in [0.29, 0.717) is 5.88 Å². The van der Waals surface area contributed by atoms with E-state index in [9.17, 15) is 9.90 Å². The first-order valence-electron chi connectivity index (χ1n) is 5.70. The highest BCUT2D eigenvalue weighted by Gasteiger charge is 2.38. The molecule has 1 aromatic heterocycles. The number of ether oxygens (including phenoxy) is 2. The molecule has 0 unspecified atom stereocenters. The minimum atomic E-state index is -0.769. The van der Waals surface area contributed by atoms with Crippen molar-refractivity contribution in [3.63, 3.8) is 0 Å². The standard InChI is InChI=1S/C11H16N2O5/c1-6-4-13(11(16)12-10(6)17-2)9-3-7(15)8(5-14)18-9/h4,7-9,14-15H,3,5H2,1-2H3/p+1/t7-,8+,9+/m0/s1. The largest absolute Gasteiger partial charge is 0.500 e. The highest BCUT2D eigenvalue weighted by atomic mass is 16.5. The van der Waals surface area contributed by atoms with Crippen LogP contribution in [0.4, 0.5) is 0 Å². The number of nitrogens with one attached hydrogen (secondary N) is 1. The van der Waals surface area contributed by atoms with E-state index in [1.165, 1.54) is 11.7 Å². The van der Waals surface area contributed by atoms with E-state index in [1.54, 1.807) is 13.1 Å². The molecule has 1 saturated heterocycles. The average Bonchev–Trinajstić information content (AvgIpc) is 2.72. The van der Waals surface area contributed by atoms with E-state index in [2.05, 4.69) is 4.98 Å². The number of rotatable bonds is 3. The summed E-state index contributed by atoms with van der Waals surface area (Å²) in [6.45, 7) is 1.52. The Morgan fingerprint density at radius 3 is 2.94 bits per heavy atom. The van der Waals surface area contributed by atoms with Crippen LogP contribution in [-0.4, -0.2) is 41.1 Å². The molecule has 1 fully saturated rings. The van der Waals surface area contributed by atoms with E-state index in [4.69, 9.17) is 14.6 Å². The van der Waals surface area contributed by atoms with Crippen molar-refractivity contribution in [1.82, 2.24) is 4.98 Å². The number of aromatic nitrogens is 2. The molecule has 0 spiro atoms. The Bertz CT molecular complexity index is 487. The van der Waals surface area contributed by atoms with Crippen molar-refractivity contribution in [3.05, 3.63) is 22.2 Å². The molecule has 1 aliphatic heterocycles. The molecule has 1 aromatic rings. The van der Waals surface area contributed by atoms with Crippen LogP contribution in [0.1, 0.15) is 18.2 Å². The lowest BCUT2D eigenvalue weighted by atomic mass is 10.2. The number of nitrogens with zero attached hydrogens (tertiary/aromatic N) is 1. The second kappa shape index (κ2) is 5.05. The second-order valence-corrected chi connectivity index (χ2v) is 4.30. The van der Waals surface area contributed by atoms with Gasteiger partial charge in [-0.05, 0) is 6.92 Å². The van der Waals surface area contributed by atoms with Crippen LogP contribution in [0.5, 0.6) is 5.88 Å². The third-order valence-electron chi connectivity index (χ3n) is 3.04. The molecule has 1 aliphatic rings. The number of aryl methyl sites for hydroxylation is 1. The summed E-state index contributed by atoms with van der Waals surface area (Å²) in [5, 5.41) is 18.7. The van der Waals surface area contributed by atoms with Gasteiger partial charge in [0, 0.05) is 6.42 Å². The van der Waals surface area contributed by atoms with Crippen LogP contribution < -0.4 is 15.0 Å². The van der Waals surface area contributed by atoms with Gasteiger partial charge in [-0.25, -0.2) is 0 Å². The Morgan fingerprint density at radius 1 is 1.67 bits per heavy atom. The summed E-state index contributed by atoms with van der Waals surface area (Å²) >= 11 is 0. The molecule has 0 bridgehead atoms. The molecule has 2 rings (SSSR count). The van der Waals surface area contributed by atoms with Gasteiger partial charge in [-0.15, -0.1) is 0 Å². The zero-order valence-electron chi connectivity index (χ0n) is 10.3. The molecular weight excluding hydrogens is 240 g/mol. The summed E-state index contributed by atoms with van der Waals surface area (Å²) in [5.74, 6) is 0.397. The Labute approximate surface area is 104 Å². The maximum Gasteiger partial charge on any atom is 0.500 e. The number of hydrogen-bond donors (Lipinski definition) is 3. The summed E-state index contributed by atoms with van der Waals surface area (Å²) in [5.41, 5.74) is 0.371. The van der Waals surface area contributed by atoms with Gasteiger partial charge in [-0.1, -0.05) is 0 Å². The zero-order chi connectivity index (χ0) is 13.3. The van der Waals surface area contributed by atoms with Gasteiger partial charge in [0.1, 0.15) is 12.3 Å². The van der Waals surface area contributed by atoms with E-state index in [1.807, 2.05) is 0 Å². The lowest BCUT2D eigenvalue weighted by Gasteiger charge is -2.10. The van der Waals surface area contributed by atoms with Gasteiger partial charge in [0.25, 0.3) is 5.88 Å². The lowest BCUT2D eigenvalue weighted by molar-refractivity contribution is -0.774. The third-order valence-corrected chi connectivity index (χ3v) is 3.04. The van der Waals surface area contributed by atoms with Gasteiger partial charge >= 0.3 is 5.69 Å². The Kier molecular flexibility index (Phi) is 3.65. The molecule has 2 heterocycles. The van der Waals surface area contributed by atoms with Crippen LogP contribution in [0.25, 0.3) is 0 Å². The number of hydrogen-bond acceptors (Lipinski definition) is 5. The predicted octanol–water partition coefficient (Wildman–Crippen LogP) is -1.38. The van der Waals surface area contributed by atoms with Gasteiger partial charge in [0.05, 0.1) is 25.4 Å². The van der Waals surface area contributed by atoms with Crippen molar-refractivity contribution in [2.24, 2.45) is 0 Å². The van der Waals surface area contributed by atoms with Crippen molar-refractivity contribution in [2.75, 3.05) is 13.7 Å². The van der Waals surface area contributed by atoms with Gasteiger partial charge in [0.15, 0.2) is 0 Å². The molecule has 18 heavy (non-hydrogen) atoms. The molecule has 0 saturated carbocycles. The minimum absolute atomic E-state index is 0.269. The highest BCUT2D eigenvalue weighted by Crippen LogP contribution is 2.24.